The van der Waals surface area contributed by atoms with E-state index in [0.717, 1.165) is 24.3 Å². The molecule has 1 heterocycles. The van der Waals surface area contributed by atoms with Crippen LogP contribution in [-0.2, 0) is 55.1 Å². The Hall–Kier alpha value is -5.71. The van der Waals surface area contributed by atoms with Gasteiger partial charge in [0.05, 0.1) is 43.0 Å². The average molecular weight is 913 g/mol. The van der Waals surface area contributed by atoms with Crippen LogP contribution in [0.3, 0.4) is 0 Å². The highest BCUT2D eigenvalue weighted by molar-refractivity contribution is 7.91. The van der Waals surface area contributed by atoms with Crippen LogP contribution in [0.4, 0.5) is 11.4 Å². The number of nitrogens with zero attached hydrogens (tertiary/aromatic N) is 1. The number of aliphatic hydroxyl groups excluding tert-OH is 1. The van der Waals surface area contributed by atoms with E-state index >= 15 is 0 Å². The number of hydrogen-bond donors (Lipinski definition) is 7. The van der Waals surface area contributed by atoms with Crippen LogP contribution in [0.25, 0.3) is 27.4 Å². The second-order valence-electron chi connectivity index (χ2n) is 12.6. The molecular weight excluding hydrogens is 889 g/mol. The lowest BCUT2D eigenvalue weighted by Crippen LogP contribution is -2.33. The van der Waals surface area contributed by atoms with Gasteiger partial charge in [0.1, 0.15) is 20.4 Å². The number of carboxylic acids is 1. The van der Waals surface area contributed by atoms with Crippen LogP contribution in [0.5, 0.6) is 0 Å². The molecule has 0 bridgehead atoms. The zero-order valence-corrected chi connectivity index (χ0v) is 33.0. The summed E-state index contributed by atoms with van der Waals surface area (Å²) in [6.07, 6.45) is -1.27. The molecule has 6 rings (SSSR count). The van der Waals surface area contributed by atoms with E-state index in [1.165, 1.54) is 24.3 Å². The van der Waals surface area contributed by atoms with Crippen molar-refractivity contribution in [2.24, 2.45) is 0 Å². The summed E-state index contributed by atoms with van der Waals surface area (Å²) < 4.78 is 168. The summed E-state index contributed by atoms with van der Waals surface area (Å²) in [6.45, 7) is 0. The van der Waals surface area contributed by atoms with Gasteiger partial charge < -0.3 is 15.5 Å². The van der Waals surface area contributed by atoms with E-state index in [4.69, 9.17) is 5.11 Å². The molecule has 59 heavy (non-hydrogen) atoms. The molecule has 0 spiro atoms. The molecule has 0 amide bonds. The van der Waals surface area contributed by atoms with E-state index in [0.29, 0.717) is 6.07 Å². The minimum Gasteiger partial charge on any atom is -0.506 e. The summed E-state index contributed by atoms with van der Waals surface area (Å²) in [4.78, 5) is 36.4. The quantitative estimate of drug-likeness (QED) is 0.0844. The lowest BCUT2D eigenvalue weighted by Gasteiger charge is -2.19. The molecule has 0 saturated heterocycles. The van der Waals surface area contributed by atoms with Crippen LogP contribution in [0.1, 0.15) is 18.4 Å². The fraction of sp³-hybridized carbons (Fsp3) is 0.0909. The standard InChI is InChI=1S/C33H24N2O19S5/c36-24(37)9-4-10-55(41,42)17-12-21(57(46,47)48)29(22(13-17)58(49,50)51)34-20-14-23(59(52,53)54)30-27-25(18-7-1-2-8-19(18)32(39)26(20)27)28(33(40)35-30)31(38)15-5-3-6-16(11-15)56(43,44)45/h1-3,5-8,11-14,34,38H,4,9-10H2,(H,36,37)(H,43,44,45)(H,46,47,48)(H,49,50,51)(H,52,53,54). The average Bonchev–Trinajstić information content (AvgIpc) is 3.11. The minimum atomic E-state index is -5.78. The topological polar surface area (TPSA) is 368 Å². The Morgan fingerprint density at radius 2 is 1.22 bits per heavy atom. The van der Waals surface area contributed by atoms with Gasteiger partial charge in [-0.15, -0.1) is 0 Å². The predicted molar refractivity (Wildman–Crippen MR) is 203 cm³/mol. The number of hydrogen-bond acceptors (Lipinski definition) is 16. The number of rotatable bonds is 12. The second-order valence-corrected chi connectivity index (χ2v) is 20.3. The second kappa shape index (κ2) is 14.5. The third kappa shape index (κ3) is 8.04. The maximum atomic E-state index is 14.4. The molecule has 21 nitrogen and oxygen atoms in total. The van der Waals surface area contributed by atoms with Gasteiger partial charge in [0, 0.05) is 27.8 Å². The van der Waals surface area contributed by atoms with Crippen LogP contribution in [0, 0.1) is 10.4 Å². The van der Waals surface area contributed by atoms with E-state index in [1.807, 2.05) is 0 Å². The molecule has 310 valence electrons. The summed E-state index contributed by atoms with van der Waals surface area (Å²) >= 11 is 0. The first kappa shape index (κ1) is 42.9. The van der Waals surface area contributed by atoms with Crippen molar-refractivity contribution >= 4 is 95.1 Å². The van der Waals surface area contributed by atoms with Gasteiger partial charge in [0.15, 0.2) is 15.3 Å². The molecule has 4 aromatic rings. The van der Waals surface area contributed by atoms with E-state index < -0.39 is 160 Å². The Kier molecular flexibility index (Phi) is 10.6. The third-order valence-electron chi connectivity index (χ3n) is 8.80. The number of aliphatic hydroxyl groups is 1. The van der Waals surface area contributed by atoms with E-state index in [9.17, 15) is 79.8 Å². The summed E-state index contributed by atoms with van der Waals surface area (Å²) in [7, 11) is -26.8. The summed E-state index contributed by atoms with van der Waals surface area (Å²) in [6, 6.07) is 9.72. The zero-order chi connectivity index (χ0) is 43.8. The molecule has 0 atom stereocenters. The van der Waals surface area contributed by atoms with Gasteiger partial charge >= 0.3 is 5.97 Å². The molecule has 0 fully saturated rings. The van der Waals surface area contributed by atoms with Crippen LogP contribution in [0.15, 0.2) is 101 Å². The van der Waals surface area contributed by atoms with E-state index in [-0.39, 0.29) is 22.9 Å². The van der Waals surface area contributed by atoms with E-state index in [1.54, 1.807) is 0 Å². The van der Waals surface area contributed by atoms with Crippen LogP contribution in [-0.4, -0.2) is 87.2 Å². The smallest absolute Gasteiger partial charge is 0.303 e. The third-order valence-corrected chi connectivity index (χ3v) is 14.1. The highest BCUT2D eigenvalue weighted by Gasteiger charge is 2.32. The van der Waals surface area contributed by atoms with Crippen molar-refractivity contribution in [3.05, 3.63) is 109 Å². The van der Waals surface area contributed by atoms with Crippen LogP contribution in [0.2, 0.25) is 0 Å². The number of benzene rings is 4. The summed E-state index contributed by atoms with van der Waals surface area (Å²) in [5.74, 6) is -3.48. The first-order valence-electron chi connectivity index (χ1n) is 15.9. The first-order valence-corrected chi connectivity index (χ1v) is 23.4. The Balaban J connectivity index is 1.85. The SMILES string of the molecule is O=C(O)CCCS(=O)(=O)c1cc(S(=O)(=O)O)c(Nc2cc(S(=O)(=O)O)c3nc(=O)c(=C(O)c4cccc(S(=O)(=O)O)c4)c4c5ccccc5c(=O)c2c3=4)c(S(=O)(=O)O)c1. The van der Waals surface area contributed by atoms with Crippen molar-refractivity contribution in [2.75, 3.05) is 11.1 Å². The van der Waals surface area contributed by atoms with Crippen LogP contribution >= 0.6 is 0 Å². The normalized spacial score (nSPS) is 13.6. The van der Waals surface area contributed by atoms with Gasteiger partial charge in [0.2, 0.25) is 0 Å². The predicted octanol–water partition coefficient (Wildman–Crippen LogP) is 1.07. The van der Waals surface area contributed by atoms with Gasteiger partial charge in [-0.3, -0.25) is 32.6 Å². The molecule has 4 aromatic carbocycles. The molecular formula is C33H24N2O19S5. The first-order chi connectivity index (χ1) is 27.1. The molecule has 0 radical (unpaired) electrons. The summed E-state index contributed by atoms with van der Waals surface area (Å²) in [5, 5.41) is 19.3. The number of carbonyl (C=O) groups is 1. The summed E-state index contributed by atoms with van der Waals surface area (Å²) in [5.41, 5.74) is -6.24. The van der Waals surface area contributed by atoms with Gasteiger partial charge in [-0.05, 0) is 42.1 Å². The van der Waals surface area contributed by atoms with Crippen molar-refractivity contribution in [3.63, 3.8) is 0 Å². The van der Waals surface area contributed by atoms with Gasteiger partial charge in [-0.25, -0.2) is 13.4 Å². The molecule has 1 aliphatic heterocycles. The maximum Gasteiger partial charge on any atom is 0.303 e. The number of sulfone groups is 1. The van der Waals surface area contributed by atoms with Crippen molar-refractivity contribution in [3.8, 4) is 0 Å². The largest absolute Gasteiger partial charge is 0.506 e. The Morgan fingerprint density at radius 1 is 0.644 bits per heavy atom. The number of anilines is 2. The van der Waals surface area contributed by atoms with Gasteiger partial charge in [-0.2, -0.15) is 33.7 Å². The molecule has 0 aromatic heterocycles. The molecule has 26 heteroatoms. The van der Waals surface area contributed by atoms with Crippen molar-refractivity contribution in [1.29, 1.82) is 0 Å². The Labute approximate surface area is 330 Å². The van der Waals surface area contributed by atoms with Crippen molar-refractivity contribution in [2.45, 2.75) is 37.3 Å². The Morgan fingerprint density at radius 3 is 1.76 bits per heavy atom. The molecule has 0 saturated carbocycles. The lowest BCUT2D eigenvalue weighted by molar-refractivity contribution is -0.137. The van der Waals surface area contributed by atoms with Crippen molar-refractivity contribution < 1.29 is 75.3 Å². The van der Waals surface area contributed by atoms with E-state index in [2.05, 4.69) is 10.3 Å². The number of nitrogens with one attached hydrogen (secondary N) is 1. The fourth-order valence-corrected chi connectivity index (χ4v) is 10.5. The lowest BCUT2D eigenvalue weighted by atomic mass is 9.96. The monoisotopic (exact) mass is 912 g/mol. The zero-order valence-electron chi connectivity index (χ0n) is 29.0. The fourth-order valence-electron chi connectivity index (χ4n) is 6.34. The van der Waals surface area contributed by atoms with Gasteiger partial charge in [0.25, 0.3) is 46.0 Å². The maximum absolute atomic E-state index is 14.4. The van der Waals surface area contributed by atoms with Crippen LogP contribution < -0.4 is 21.5 Å². The highest BCUT2D eigenvalue weighted by Crippen LogP contribution is 2.38. The molecule has 0 unspecified atom stereocenters. The highest BCUT2D eigenvalue weighted by atomic mass is 32.2. The number of fused-ring (bicyclic) bond motifs is 2. The molecule has 1 aliphatic carbocycles. The van der Waals surface area contributed by atoms with Gasteiger partial charge in [-0.1, -0.05) is 36.4 Å². The number of carboxylic acid groups (broad SMARTS) is 1. The Bertz CT molecular complexity index is 3600. The molecule has 2 aliphatic rings. The number of aromatic nitrogens is 1. The van der Waals surface area contributed by atoms with Crippen molar-refractivity contribution in [1.82, 2.24) is 4.98 Å². The number of aliphatic carboxylic acids is 1. The molecule has 7 N–H and O–H groups in total. The minimum absolute atomic E-state index is 0.199.